The van der Waals surface area contributed by atoms with Gasteiger partial charge in [0.1, 0.15) is 0 Å². The molecule has 1 saturated heterocycles. The molecule has 154 valence electrons. The summed E-state index contributed by atoms with van der Waals surface area (Å²) in [4.78, 5) is 11.0. The first-order valence-corrected chi connectivity index (χ1v) is 10.7. The Morgan fingerprint density at radius 2 is 2.11 bits per heavy atom. The zero-order chi connectivity index (χ0) is 19.4. The maximum Gasteiger partial charge on any atom is 0.213 e. The van der Waals surface area contributed by atoms with Crippen molar-refractivity contribution in [2.24, 2.45) is 4.99 Å². The zero-order valence-corrected chi connectivity index (χ0v) is 19.9. The van der Waals surface area contributed by atoms with Crippen molar-refractivity contribution in [3.8, 4) is 5.88 Å². The van der Waals surface area contributed by atoms with Crippen LogP contribution in [0.4, 0.5) is 0 Å². The van der Waals surface area contributed by atoms with Crippen molar-refractivity contribution in [2.45, 2.75) is 52.0 Å². The van der Waals surface area contributed by atoms with E-state index in [0.29, 0.717) is 25.5 Å². The fourth-order valence-electron chi connectivity index (χ4n) is 2.73. The third-order valence-electron chi connectivity index (χ3n) is 4.24. The summed E-state index contributed by atoms with van der Waals surface area (Å²) in [5.41, 5.74) is 0.973. The van der Waals surface area contributed by atoms with Gasteiger partial charge in [-0.2, -0.15) is 0 Å². The predicted octanol–water partition coefficient (Wildman–Crippen LogP) is 2.46. The quantitative estimate of drug-likeness (QED) is 0.372. The molecule has 0 atom stereocenters. The van der Waals surface area contributed by atoms with Gasteiger partial charge in [0, 0.05) is 31.9 Å². The lowest BCUT2D eigenvalue weighted by Gasteiger charge is -2.39. The third kappa shape index (κ3) is 6.48. The monoisotopic (exact) mass is 510 g/mol. The highest BCUT2D eigenvalue weighted by Gasteiger charge is 2.40. The van der Waals surface area contributed by atoms with E-state index >= 15 is 0 Å². The van der Waals surface area contributed by atoms with Gasteiger partial charge in [-0.15, -0.1) is 24.0 Å². The van der Waals surface area contributed by atoms with E-state index in [0.717, 1.165) is 18.1 Å². The van der Waals surface area contributed by atoms with Crippen LogP contribution in [0, 0.1) is 0 Å². The van der Waals surface area contributed by atoms with E-state index in [2.05, 4.69) is 15.3 Å². The van der Waals surface area contributed by atoms with Gasteiger partial charge < -0.3 is 15.0 Å². The number of pyridine rings is 1. The molecular weight excluding hydrogens is 479 g/mol. The largest absolute Gasteiger partial charge is 0.475 e. The van der Waals surface area contributed by atoms with Crippen LogP contribution in [-0.2, 0) is 16.4 Å². The third-order valence-corrected chi connectivity index (χ3v) is 6.78. The summed E-state index contributed by atoms with van der Waals surface area (Å²) in [6.45, 7) is 11.6. The van der Waals surface area contributed by atoms with Gasteiger partial charge in [0.15, 0.2) is 15.8 Å². The molecule has 2 rings (SSSR count). The van der Waals surface area contributed by atoms with Crippen molar-refractivity contribution in [1.82, 2.24) is 15.2 Å². The molecule has 0 spiro atoms. The van der Waals surface area contributed by atoms with Crippen molar-refractivity contribution in [3.05, 3.63) is 23.9 Å². The van der Waals surface area contributed by atoms with Gasteiger partial charge in [-0.25, -0.2) is 18.4 Å². The van der Waals surface area contributed by atoms with Crippen LogP contribution in [0.15, 0.2) is 23.3 Å². The Bertz CT molecular complexity index is 733. The highest BCUT2D eigenvalue weighted by molar-refractivity contribution is 14.0. The second-order valence-electron chi connectivity index (χ2n) is 7.34. The Hall–Kier alpha value is -1.10. The molecule has 1 aliphatic heterocycles. The van der Waals surface area contributed by atoms with Crippen LogP contribution >= 0.6 is 24.0 Å². The van der Waals surface area contributed by atoms with Crippen LogP contribution in [0.1, 0.15) is 40.2 Å². The molecule has 0 amide bonds. The highest BCUT2D eigenvalue weighted by atomic mass is 127. The topological polar surface area (TPSA) is 83.9 Å². The van der Waals surface area contributed by atoms with Crippen LogP contribution < -0.4 is 10.1 Å². The van der Waals surface area contributed by atoms with E-state index in [-0.39, 0.29) is 35.8 Å². The highest BCUT2D eigenvalue weighted by Crippen LogP contribution is 2.23. The van der Waals surface area contributed by atoms with Gasteiger partial charge in [0.05, 0.1) is 23.1 Å². The Balaban J connectivity index is 0.00000364. The molecular formula is C18H31IN4O3S. The molecule has 1 aromatic heterocycles. The Morgan fingerprint density at radius 1 is 1.41 bits per heavy atom. The van der Waals surface area contributed by atoms with Crippen molar-refractivity contribution in [3.63, 3.8) is 0 Å². The minimum absolute atomic E-state index is 0. The lowest BCUT2D eigenvalue weighted by Crippen LogP contribution is -2.57. The van der Waals surface area contributed by atoms with Crippen molar-refractivity contribution in [2.75, 3.05) is 25.4 Å². The summed E-state index contributed by atoms with van der Waals surface area (Å²) >= 11 is 0. The molecule has 27 heavy (non-hydrogen) atoms. The number of halogens is 1. The van der Waals surface area contributed by atoms with Gasteiger partial charge in [-0.05, 0) is 40.2 Å². The average molecular weight is 510 g/mol. The lowest BCUT2D eigenvalue weighted by molar-refractivity contribution is 0.232. The number of nitrogens with zero attached hydrogens (tertiary/aromatic N) is 3. The Labute approximate surface area is 179 Å². The molecule has 7 nitrogen and oxygen atoms in total. The summed E-state index contributed by atoms with van der Waals surface area (Å²) in [6.07, 6.45) is 1.85. The summed E-state index contributed by atoms with van der Waals surface area (Å²) in [5.74, 6) is 1.48. The second-order valence-corrected chi connectivity index (χ2v) is 10.1. The number of ether oxygens (including phenoxy) is 1. The van der Waals surface area contributed by atoms with Gasteiger partial charge in [-0.1, -0.05) is 6.07 Å². The summed E-state index contributed by atoms with van der Waals surface area (Å²) in [6, 6.07) is 3.79. The molecule has 1 aliphatic rings. The predicted molar refractivity (Wildman–Crippen MR) is 120 cm³/mol. The van der Waals surface area contributed by atoms with E-state index in [1.807, 2.05) is 37.8 Å². The molecule has 0 radical (unpaired) electrons. The number of hydrogen-bond donors (Lipinski definition) is 1. The summed E-state index contributed by atoms with van der Waals surface area (Å²) in [7, 11) is -3.07. The van der Waals surface area contributed by atoms with E-state index in [1.54, 1.807) is 20.0 Å². The van der Waals surface area contributed by atoms with Gasteiger partial charge in [0.25, 0.3) is 0 Å². The van der Waals surface area contributed by atoms with E-state index in [1.165, 1.54) is 0 Å². The smallest absolute Gasteiger partial charge is 0.213 e. The SMILES string of the molecule is CCNC(=NCc1ccc(OC(C)C)nc1)N1CCS(=O)(=O)C(C)(C)C1.I. The standard InChI is InChI=1S/C18H30N4O3S.HI/c1-6-19-17(22-9-10-26(23,24)18(4,5)13-22)21-12-15-7-8-16(20-11-15)25-14(2)3;/h7-8,11,14H,6,9-10,12-13H2,1-5H3,(H,19,21);1H. The molecule has 1 aromatic rings. The van der Waals surface area contributed by atoms with Crippen LogP contribution in [0.2, 0.25) is 0 Å². The lowest BCUT2D eigenvalue weighted by atomic mass is 10.2. The van der Waals surface area contributed by atoms with Crippen molar-refractivity contribution >= 4 is 39.8 Å². The van der Waals surface area contributed by atoms with Crippen LogP contribution in [0.3, 0.4) is 0 Å². The molecule has 0 bridgehead atoms. The van der Waals surface area contributed by atoms with Gasteiger partial charge in [0.2, 0.25) is 5.88 Å². The number of rotatable bonds is 5. The maximum atomic E-state index is 12.2. The van der Waals surface area contributed by atoms with E-state index < -0.39 is 14.6 Å². The average Bonchev–Trinajstić information content (AvgIpc) is 2.55. The summed E-state index contributed by atoms with van der Waals surface area (Å²) < 4.78 is 29.2. The number of aliphatic imine (C=N–C) groups is 1. The van der Waals surface area contributed by atoms with Crippen molar-refractivity contribution in [1.29, 1.82) is 0 Å². The Morgan fingerprint density at radius 3 is 2.63 bits per heavy atom. The van der Waals surface area contributed by atoms with Gasteiger partial charge in [-0.3, -0.25) is 0 Å². The number of sulfone groups is 1. The van der Waals surface area contributed by atoms with Crippen molar-refractivity contribution < 1.29 is 13.2 Å². The fourth-order valence-corrected chi connectivity index (χ4v) is 4.10. The van der Waals surface area contributed by atoms with E-state index in [4.69, 9.17) is 4.74 Å². The molecule has 0 aromatic carbocycles. The number of hydrogen-bond acceptors (Lipinski definition) is 5. The normalized spacial score (nSPS) is 18.7. The minimum atomic E-state index is -3.07. The number of aromatic nitrogens is 1. The first-order chi connectivity index (χ1) is 12.1. The second kappa shape index (κ2) is 9.90. The summed E-state index contributed by atoms with van der Waals surface area (Å²) in [5, 5.41) is 3.26. The molecule has 1 fully saturated rings. The number of nitrogens with one attached hydrogen (secondary N) is 1. The molecule has 9 heteroatoms. The molecule has 2 heterocycles. The first-order valence-electron chi connectivity index (χ1n) is 9.02. The number of guanidine groups is 1. The fraction of sp³-hybridized carbons (Fsp3) is 0.667. The zero-order valence-electron chi connectivity index (χ0n) is 16.7. The molecule has 0 saturated carbocycles. The Kier molecular flexibility index (Phi) is 8.78. The maximum absolute atomic E-state index is 12.2. The van der Waals surface area contributed by atoms with Crippen LogP contribution in [-0.4, -0.2) is 60.5 Å². The first kappa shape index (κ1) is 23.9. The molecule has 0 aliphatic carbocycles. The minimum Gasteiger partial charge on any atom is -0.475 e. The molecule has 1 N–H and O–H groups in total. The van der Waals surface area contributed by atoms with Crippen LogP contribution in [0.25, 0.3) is 0 Å². The van der Waals surface area contributed by atoms with E-state index in [9.17, 15) is 8.42 Å². The van der Waals surface area contributed by atoms with Gasteiger partial charge >= 0.3 is 0 Å². The molecule has 0 unspecified atom stereocenters. The van der Waals surface area contributed by atoms with Crippen LogP contribution in [0.5, 0.6) is 5.88 Å².